The second kappa shape index (κ2) is 6.74. The monoisotopic (exact) mass is 278 g/mol. The minimum atomic E-state index is -0.483. The lowest BCUT2D eigenvalue weighted by molar-refractivity contribution is -0.122. The van der Waals surface area contributed by atoms with Crippen LogP contribution < -0.4 is 20.7 Å². The summed E-state index contributed by atoms with van der Waals surface area (Å²) < 4.78 is 4.93. The van der Waals surface area contributed by atoms with Crippen LogP contribution in [0.4, 0.5) is 10.5 Å². The number of rotatable bonds is 3. The molecule has 1 aliphatic rings. The van der Waals surface area contributed by atoms with Crippen molar-refractivity contribution in [3.8, 4) is 5.88 Å². The van der Waals surface area contributed by atoms with Crippen molar-refractivity contribution in [2.24, 2.45) is 0 Å². The van der Waals surface area contributed by atoms with Crippen molar-refractivity contribution in [2.75, 3.05) is 19.0 Å². The van der Waals surface area contributed by atoms with Crippen LogP contribution >= 0.6 is 0 Å². The van der Waals surface area contributed by atoms with Crippen LogP contribution in [0.15, 0.2) is 18.3 Å². The second-order valence-corrected chi connectivity index (χ2v) is 4.53. The molecule has 20 heavy (non-hydrogen) atoms. The molecule has 1 fully saturated rings. The predicted molar refractivity (Wildman–Crippen MR) is 73.6 cm³/mol. The molecule has 0 unspecified atom stereocenters. The third-order valence-electron chi connectivity index (χ3n) is 3.04. The van der Waals surface area contributed by atoms with E-state index in [-0.39, 0.29) is 5.91 Å². The number of nitrogens with one attached hydrogen (secondary N) is 3. The fourth-order valence-corrected chi connectivity index (χ4v) is 1.98. The van der Waals surface area contributed by atoms with Gasteiger partial charge in [0.1, 0.15) is 6.04 Å². The summed E-state index contributed by atoms with van der Waals surface area (Å²) in [4.78, 5) is 27.5. The molecule has 1 aliphatic heterocycles. The molecule has 0 spiro atoms. The van der Waals surface area contributed by atoms with Gasteiger partial charge in [0.05, 0.1) is 19.0 Å². The maximum atomic E-state index is 11.8. The third kappa shape index (κ3) is 3.84. The molecule has 0 saturated carbocycles. The summed E-state index contributed by atoms with van der Waals surface area (Å²) in [6, 6.07) is 2.43. The van der Waals surface area contributed by atoms with Crippen LogP contribution in [-0.2, 0) is 4.79 Å². The van der Waals surface area contributed by atoms with Gasteiger partial charge in [-0.3, -0.25) is 4.79 Å². The smallest absolute Gasteiger partial charge is 0.319 e. The van der Waals surface area contributed by atoms with E-state index in [9.17, 15) is 9.59 Å². The minimum absolute atomic E-state index is 0.134. The lowest BCUT2D eigenvalue weighted by Crippen LogP contribution is -2.47. The lowest BCUT2D eigenvalue weighted by Gasteiger charge is -2.15. The number of anilines is 1. The van der Waals surface area contributed by atoms with Crippen LogP contribution in [-0.4, -0.2) is 36.6 Å². The summed E-state index contributed by atoms with van der Waals surface area (Å²) >= 11 is 0. The molecule has 1 aromatic heterocycles. The highest BCUT2D eigenvalue weighted by atomic mass is 16.5. The number of urea groups is 1. The van der Waals surface area contributed by atoms with Gasteiger partial charge < -0.3 is 20.7 Å². The number of pyridine rings is 1. The molecule has 1 saturated heterocycles. The third-order valence-corrected chi connectivity index (χ3v) is 3.04. The van der Waals surface area contributed by atoms with Crippen LogP contribution in [0.1, 0.15) is 19.3 Å². The Kier molecular flexibility index (Phi) is 4.75. The quantitative estimate of drug-likeness (QED) is 0.765. The first-order valence-electron chi connectivity index (χ1n) is 6.54. The van der Waals surface area contributed by atoms with Crippen LogP contribution in [0.2, 0.25) is 0 Å². The molecule has 7 heteroatoms. The standard InChI is InChI=1S/C13H18N4O3/c1-20-11-6-5-9(8-15-11)16-13(19)17-10-4-2-3-7-14-12(10)18/h5-6,8,10H,2-4,7H2,1H3,(H,14,18)(H2,16,17,19)/t10-/m0/s1. The van der Waals surface area contributed by atoms with Gasteiger partial charge in [0.25, 0.3) is 0 Å². The van der Waals surface area contributed by atoms with E-state index in [1.165, 1.54) is 13.3 Å². The van der Waals surface area contributed by atoms with E-state index < -0.39 is 12.1 Å². The van der Waals surface area contributed by atoms with Gasteiger partial charge in [-0.25, -0.2) is 9.78 Å². The zero-order valence-corrected chi connectivity index (χ0v) is 11.3. The van der Waals surface area contributed by atoms with Crippen LogP contribution in [0.5, 0.6) is 5.88 Å². The van der Waals surface area contributed by atoms with Crippen LogP contribution in [0.3, 0.4) is 0 Å². The molecule has 1 atom stereocenters. The summed E-state index contributed by atoms with van der Waals surface area (Å²) in [5, 5.41) is 8.07. The second-order valence-electron chi connectivity index (χ2n) is 4.53. The highest BCUT2D eigenvalue weighted by Gasteiger charge is 2.22. The van der Waals surface area contributed by atoms with Crippen molar-refractivity contribution >= 4 is 17.6 Å². The zero-order valence-electron chi connectivity index (χ0n) is 11.3. The van der Waals surface area contributed by atoms with E-state index in [0.717, 1.165) is 12.8 Å². The van der Waals surface area contributed by atoms with Crippen molar-refractivity contribution in [1.82, 2.24) is 15.6 Å². The van der Waals surface area contributed by atoms with Gasteiger partial charge in [-0.1, -0.05) is 0 Å². The van der Waals surface area contributed by atoms with Gasteiger partial charge >= 0.3 is 6.03 Å². The number of ether oxygens (including phenoxy) is 1. The van der Waals surface area contributed by atoms with E-state index >= 15 is 0 Å². The van der Waals surface area contributed by atoms with Gasteiger partial charge in [0.2, 0.25) is 11.8 Å². The first-order chi connectivity index (χ1) is 9.69. The van der Waals surface area contributed by atoms with E-state index in [4.69, 9.17) is 4.74 Å². The molecular weight excluding hydrogens is 260 g/mol. The minimum Gasteiger partial charge on any atom is -0.481 e. The molecule has 0 aliphatic carbocycles. The normalized spacial score (nSPS) is 18.6. The molecule has 0 aromatic carbocycles. The average molecular weight is 278 g/mol. The Labute approximate surface area is 117 Å². The average Bonchev–Trinajstić information content (AvgIpc) is 2.65. The van der Waals surface area contributed by atoms with Crippen LogP contribution in [0.25, 0.3) is 0 Å². The Morgan fingerprint density at radius 1 is 1.45 bits per heavy atom. The van der Waals surface area contributed by atoms with Crippen molar-refractivity contribution in [3.63, 3.8) is 0 Å². The zero-order chi connectivity index (χ0) is 14.4. The Morgan fingerprint density at radius 2 is 2.30 bits per heavy atom. The maximum Gasteiger partial charge on any atom is 0.319 e. The number of aromatic nitrogens is 1. The SMILES string of the molecule is COc1ccc(NC(=O)N[C@H]2CCCCNC2=O)cn1. The van der Waals surface area contributed by atoms with Crippen molar-refractivity contribution in [3.05, 3.63) is 18.3 Å². The maximum absolute atomic E-state index is 11.8. The molecule has 2 heterocycles. The fraction of sp³-hybridized carbons (Fsp3) is 0.462. The molecule has 7 nitrogen and oxygen atoms in total. The van der Waals surface area contributed by atoms with E-state index in [1.807, 2.05) is 0 Å². The number of amides is 3. The summed E-state index contributed by atoms with van der Waals surface area (Å²) in [5.74, 6) is 0.338. The molecule has 3 amide bonds. The number of hydrogen-bond donors (Lipinski definition) is 3. The number of methoxy groups -OCH3 is 1. The first kappa shape index (κ1) is 14.1. The largest absolute Gasteiger partial charge is 0.481 e. The van der Waals surface area contributed by atoms with Gasteiger partial charge in [-0.05, 0) is 25.3 Å². The van der Waals surface area contributed by atoms with Gasteiger partial charge in [0, 0.05) is 12.6 Å². The summed E-state index contributed by atoms with van der Waals surface area (Å²) in [7, 11) is 1.52. The van der Waals surface area contributed by atoms with Crippen molar-refractivity contribution in [1.29, 1.82) is 0 Å². The highest BCUT2D eigenvalue weighted by Crippen LogP contribution is 2.11. The molecule has 108 valence electrons. The Morgan fingerprint density at radius 3 is 3.00 bits per heavy atom. The highest BCUT2D eigenvalue weighted by molar-refractivity contribution is 5.93. The Balaban J connectivity index is 1.89. The molecule has 0 bridgehead atoms. The molecular formula is C13H18N4O3. The summed E-state index contributed by atoms with van der Waals surface area (Å²) in [5.41, 5.74) is 0.539. The molecule has 1 aromatic rings. The molecule has 2 rings (SSSR count). The Bertz CT molecular complexity index is 475. The van der Waals surface area contributed by atoms with Gasteiger partial charge in [-0.2, -0.15) is 0 Å². The number of hydrogen-bond acceptors (Lipinski definition) is 4. The lowest BCUT2D eigenvalue weighted by atomic mass is 10.1. The number of carbonyl (C=O) groups excluding carboxylic acids is 2. The molecule has 3 N–H and O–H groups in total. The fourth-order valence-electron chi connectivity index (χ4n) is 1.98. The van der Waals surface area contributed by atoms with Crippen molar-refractivity contribution < 1.29 is 14.3 Å². The van der Waals surface area contributed by atoms with Crippen LogP contribution in [0, 0.1) is 0 Å². The van der Waals surface area contributed by atoms with E-state index in [2.05, 4.69) is 20.9 Å². The topological polar surface area (TPSA) is 92.4 Å². The van der Waals surface area contributed by atoms with Gasteiger partial charge in [-0.15, -0.1) is 0 Å². The predicted octanol–water partition coefficient (Wildman–Crippen LogP) is 0.880. The molecule has 0 radical (unpaired) electrons. The van der Waals surface area contributed by atoms with Gasteiger partial charge in [0.15, 0.2) is 0 Å². The Hall–Kier alpha value is -2.31. The summed E-state index contributed by atoms with van der Waals surface area (Å²) in [6.07, 6.45) is 3.99. The first-order valence-corrected chi connectivity index (χ1v) is 6.54. The number of carbonyl (C=O) groups is 2. The van der Waals surface area contributed by atoms with Crippen molar-refractivity contribution in [2.45, 2.75) is 25.3 Å². The summed E-state index contributed by atoms with van der Waals surface area (Å²) in [6.45, 7) is 0.668. The van der Waals surface area contributed by atoms with E-state index in [1.54, 1.807) is 12.1 Å². The van der Waals surface area contributed by atoms with E-state index in [0.29, 0.717) is 24.5 Å². The number of nitrogens with zero attached hydrogens (tertiary/aromatic N) is 1.